The van der Waals surface area contributed by atoms with Gasteiger partial charge in [-0.3, -0.25) is 14.6 Å². The van der Waals surface area contributed by atoms with Gasteiger partial charge in [0.15, 0.2) is 5.78 Å². The summed E-state index contributed by atoms with van der Waals surface area (Å²) >= 11 is 0. The fourth-order valence-corrected chi connectivity index (χ4v) is 1.93. The lowest BCUT2D eigenvalue weighted by Gasteiger charge is -2.24. The molecule has 2 atom stereocenters. The number of fused-ring (bicyclic) bond motifs is 1. The van der Waals surface area contributed by atoms with Crippen LogP contribution in [-0.4, -0.2) is 33.5 Å². The van der Waals surface area contributed by atoms with E-state index < -0.39 is 12.0 Å². The minimum Gasteiger partial charge on any atom is -0.386 e. The first-order valence-corrected chi connectivity index (χ1v) is 5.33. The van der Waals surface area contributed by atoms with Gasteiger partial charge in [-0.2, -0.15) is 4.98 Å². The molecule has 0 saturated carbocycles. The van der Waals surface area contributed by atoms with Gasteiger partial charge in [0.2, 0.25) is 5.95 Å². The van der Waals surface area contributed by atoms with E-state index >= 15 is 0 Å². The molecule has 0 bridgehead atoms. The maximum Gasteiger partial charge on any atom is 0.257 e. The number of aliphatic hydroxyl groups excluding tert-OH is 1. The molecule has 2 rings (SSSR count). The maximum absolute atomic E-state index is 11.6. The minimum atomic E-state index is -1.02. The van der Waals surface area contributed by atoms with Gasteiger partial charge < -0.3 is 16.2 Å². The van der Waals surface area contributed by atoms with Gasteiger partial charge in [0.1, 0.15) is 11.9 Å². The molecule has 5 N–H and O–H groups in total. The molecule has 0 radical (unpaired) electrons. The zero-order chi connectivity index (χ0) is 12.6. The fraction of sp³-hybridized carbons (Fsp3) is 0.500. The van der Waals surface area contributed by atoms with Crippen molar-refractivity contribution in [2.75, 3.05) is 17.6 Å². The van der Waals surface area contributed by atoms with Crippen LogP contribution in [0.4, 0.5) is 11.8 Å². The average Bonchev–Trinajstić information content (AvgIpc) is 2.27. The Morgan fingerprint density at radius 2 is 2.35 bits per heavy atom. The Morgan fingerprint density at radius 1 is 1.65 bits per heavy atom. The Bertz CT molecular complexity index is 509. The molecule has 0 amide bonds. The summed E-state index contributed by atoms with van der Waals surface area (Å²) in [4.78, 5) is 29.6. The first-order valence-electron chi connectivity index (χ1n) is 5.33. The van der Waals surface area contributed by atoms with E-state index in [2.05, 4.69) is 15.3 Å². The van der Waals surface area contributed by atoms with E-state index in [0.717, 1.165) is 0 Å². The quantitative estimate of drug-likeness (QED) is 0.518. The molecule has 0 aromatic carbocycles. The summed E-state index contributed by atoms with van der Waals surface area (Å²) in [5.41, 5.74) is 5.47. The molecule has 92 valence electrons. The molecule has 0 aliphatic carbocycles. The van der Waals surface area contributed by atoms with Crippen LogP contribution in [0.2, 0.25) is 0 Å². The fourth-order valence-electron chi connectivity index (χ4n) is 1.93. The first-order chi connectivity index (χ1) is 7.99. The molecule has 1 aliphatic rings. The van der Waals surface area contributed by atoms with Crippen LogP contribution in [0.25, 0.3) is 0 Å². The molecular formula is C10H14N4O3. The lowest BCUT2D eigenvalue weighted by Crippen LogP contribution is -2.38. The predicted molar refractivity (Wildman–Crippen MR) is 61.6 cm³/mol. The van der Waals surface area contributed by atoms with Gasteiger partial charge in [-0.1, -0.05) is 0 Å². The van der Waals surface area contributed by atoms with Gasteiger partial charge in [-0.15, -0.1) is 0 Å². The number of carbonyl (C=O) groups is 1. The molecule has 7 heteroatoms. The van der Waals surface area contributed by atoms with Crippen LogP contribution in [0.3, 0.4) is 0 Å². The van der Waals surface area contributed by atoms with Crippen molar-refractivity contribution in [2.24, 2.45) is 5.92 Å². The molecule has 0 fully saturated rings. The van der Waals surface area contributed by atoms with Gasteiger partial charge >= 0.3 is 0 Å². The van der Waals surface area contributed by atoms with Crippen LogP contribution in [-0.2, 0) is 11.2 Å². The number of nitrogens with two attached hydrogens (primary N) is 1. The van der Waals surface area contributed by atoms with E-state index in [0.29, 0.717) is 17.9 Å². The largest absolute Gasteiger partial charge is 0.386 e. The van der Waals surface area contributed by atoms with E-state index in [1.165, 1.54) is 6.92 Å². The average molecular weight is 238 g/mol. The Hall–Kier alpha value is -1.89. The third-order valence-corrected chi connectivity index (χ3v) is 2.81. The molecule has 1 aromatic heterocycles. The second-order valence-electron chi connectivity index (χ2n) is 4.14. The zero-order valence-corrected chi connectivity index (χ0v) is 9.36. The van der Waals surface area contributed by atoms with Crippen LogP contribution in [0.1, 0.15) is 12.5 Å². The summed E-state index contributed by atoms with van der Waals surface area (Å²) in [5.74, 6) is -0.226. The van der Waals surface area contributed by atoms with Crippen LogP contribution in [0.5, 0.6) is 0 Å². The number of ketones is 1. The Kier molecular flexibility index (Phi) is 2.84. The lowest BCUT2D eigenvalue weighted by atomic mass is 9.91. The molecule has 1 aliphatic heterocycles. The number of rotatable bonds is 2. The molecule has 1 aromatic rings. The maximum atomic E-state index is 11.6. The molecule has 2 heterocycles. The van der Waals surface area contributed by atoms with Crippen LogP contribution in [0.15, 0.2) is 4.79 Å². The number of aromatic nitrogens is 2. The van der Waals surface area contributed by atoms with E-state index in [4.69, 9.17) is 5.73 Å². The smallest absolute Gasteiger partial charge is 0.257 e. The number of anilines is 2. The summed E-state index contributed by atoms with van der Waals surface area (Å²) in [7, 11) is 0. The van der Waals surface area contributed by atoms with Crippen molar-refractivity contribution >= 4 is 17.5 Å². The third-order valence-electron chi connectivity index (χ3n) is 2.81. The second-order valence-corrected chi connectivity index (χ2v) is 4.14. The van der Waals surface area contributed by atoms with E-state index in [1.54, 1.807) is 0 Å². The molecule has 17 heavy (non-hydrogen) atoms. The summed E-state index contributed by atoms with van der Waals surface area (Å²) < 4.78 is 0. The normalized spacial score (nSPS) is 20.2. The Morgan fingerprint density at radius 3 is 3.00 bits per heavy atom. The number of nitrogens with zero attached hydrogens (tertiary/aromatic N) is 1. The van der Waals surface area contributed by atoms with E-state index in [9.17, 15) is 14.7 Å². The topological polar surface area (TPSA) is 121 Å². The lowest BCUT2D eigenvalue weighted by molar-refractivity contribution is -0.130. The van der Waals surface area contributed by atoms with Crippen molar-refractivity contribution < 1.29 is 9.90 Å². The van der Waals surface area contributed by atoms with E-state index in [-0.39, 0.29) is 23.7 Å². The van der Waals surface area contributed by atoms with Gasteiger partial charge in [0.25, 0.3) is 5.56 Å². The van der Waals surface area contributed by atoms with Gasteiger partial charge in [0, 0.05) is 12.5 Å². The molecule has 0 unspecified atom stereocenters. The highest BCUT2D eigenvalue weighted by Gasteiger charge is 2.29. The van der Waals surface area contributed by atoms with Crippen LogP contribution in [0, 0.1) is 5.92 Å². The SMILES string of the molecule is C[C@H](O)C(=O)[C@H]1CNc2nc(N)[nH]c(=O)c2C1. The number of nitrogen functional groups attached to an aromatic ring is 1. The van der Waals surface area contributed by atoms with Gasteiger partial charge in [-0.25, -0.2) is 0 Å². The van der Waals surface area contributed by atoms with Crippen LogP contribution < -0.4 is 16.6 Å². The number of aliphatic hydroxyl groups is 1. The molecule has 0 spiro atoms. The number of carbonyl (C=O) groups excluding carboxylic acids is 1. The minimum absolute atomic E-state index is 0.0431. The van der Waals surface area contributed by atoms with Crippen molar-refractivity contribution in [3.63, 3.8) is 0 Å². The van der Waals surface area contributed by atoms with Crippen molar-refractivity contribution in [1.29, 1.82) is 0 Å². The van der Waals surface area contributed by atoms with E-state index in [1.807, 2.05) is 0 Å². The monoisotopic (exact) mass is 238 g/mol. The van der Waals surface area contributed by atoms with Gasteiger partial charge in [-0.05, 0) is 13.3 Å². The number of H-pyrrole nitrogens is 1. The number of aromatic amines is 1. The molecule has 7 nitrogen and oxygen atoms in total. The highest BCUT2D eigenvalue weighted by atomic mass is 16.3. The van der Waals surface area contributed by atoms with Crippen molar-refractivity contribution in [3.05, 3.63) is 15.9 Å². The highest BCUT2D eigenvalue weighted by Crippen LogP contribution is 2.21. The molecule has 0 saturated heterocycles. The summed E-state index contributed by atoms with van der Waals surface area (Å²) in [6.07, 6.45) is -0.751. The Balaban J connectivity index is 2.31. The number of hydrogen-bond donors (Lipinski definition) is 4. The van der Waals surface area contributed by atoms with Crippen molar-refractivity contribution in [3.8, 4) is 0 Å². The van der Waals surface area contributed by atoms with Crippen LogP contribution >= 0.6 is 0 Å². The first kappa shape index (κ1) is 11.6. The molecular weight excluding hydrogens is 224 g/mol. The zero-order valence-electron chi connectivity index (χ0n) is 9.36. The standard InChI is InChI=1S/C10H14N4O3/c1-4(15)7(16)5-2-6-8(12-3-5)13-10(11)14-9(6)17/h4-5,15H,2-3H2,1H3,(H4,11,12,13,14,17)/t4-,5+/m0/s1. The Labute approximate surface area is 97.1 Å². The summed E-state index contributed by atoms with van der Waals surface area (Å²) in [6, 6.07) is 0. The summed E-state index contributed by atoms with van der Waals surface area (Å²) in [5, 5.41) is 12.1. The number of hydrogen-bond acceptors (Lipinski definition) is 6. The van der Waals surface area contributed by atoms with Gasteiger partial charge in [0.05, 0.1) is 5.56 Å². The van der Waals surface area contributed by atoms with Crippen molar-refractivity contribution in [2.45, 2.75) is 19.4 Å². The summed E-state index contributed by atoms with van der Waals surface area (Å²) in [6.45, 7) is 1.77. The number of Topliss-reactive ketones (excluding diaryl/α,β-unsaturated/α-hetero) is 1. The third kappa shape index (κ3) is 2.14. The predicted octanol–water partition coefficient (Wildman–Crippen LogP) is -1.11. The highest BCUT2D eigenvalue weighted by molar-refractivity contribution is 5.86. The van der Waals surface area contributed by atoms with Crippen molar-refractivity contribution in [1.82, 2.24) is 9.97 Å². The second kappa shape index (κ2) is 4.17. The number of nitrogens with one attached hydrogen (secondary N) is 2.